The summed E-state index contributed by atoms with van der Waals surface area (Å²) in [7, 11) is 2.11. The zero-order chi connectivity index (χ0) is 11.1. The molecule has 2 nitrogen and oxygen atoms in total. The summed E-state index contributed by atoms with van der Waals surface area (Å²) in [6.45, 7) is 3.12. The highest BCUT2D eigenvalue weighted by Crippen LogP contribution is 2.10. The molecule has 1 aromatic heterocycles. The van der Waals surface area contributed by atoms with Crippen LogP contribution < -0.4 is 4.90 Å². The summed E-state index contributed by atoms with van der Waals surface area (Å²) in [6.07, 6.45) is 3.77. The number of aromatic nitrogens is 1. The predicted molar refractivity (Wildman–Crippen MR) is 69.9 cm³/mol. The van der Waals surface area contributed by atoms with Crippen LogP contribution in [0.5, 0.6) is 0 Å². The molecule has 1 heterocycles. The summed E-state index contributed by atoms with van der Waals surface area (Å²) in [5, 5.41) is 1.11. The van der Waals surface area contributed by atoms with Gasteiger partial charge in [0.2, 0.25) is 0 Å². The molecule has 0 fully saturated rings. The van der Waals surface area contributed by atoms with Gasteiger partial charge in [0.25, 0.3) is 0 Å². The third kappa shape index (κ3) is 4.65. The highest BCUT2D eigenvalue weighted by atomic mass is 79.9. The SMILES string of the molecule is Cc1cccc(N(C)CCCCCBr)n1. The van der Waals surface area contributed by atoms with Gasteiger partial charge in [0, 0.05) is 24.6 Å². The van der Waals surface area contributed by atoms with Crippen molar-refractivity contribution in [1.82, 2.24) is 4.98 Å². The standard InChI is InChI=1S/C12H19BrN2/c1-11-7-6-8-12(14-11)15(2)10-5-3-4-9-13/h6-8H,3-5,9-10H2,1-2H3. The van der Waals surface area contributed by atoms with Crippen molar-refractivity contribution in [2.45, 2.75) is 26.2 Å². The maximum absolute atomic E-state index is 4.49. The van der Waals surface area contributed by atoms with E-state index in [0.29, 0.717) is 0 Å². The zero-order valence-electron chi connectivity index (χ0n) is 9.54. The molecule has 0 bridgehead atoms. The lowest BCUT2D eigenvalue weighted by Gasteiger charge is -2.18. The Labute approximate surface area is 101 Å². The molecule has 0 spiro atoms. The number of anilines is 1. The fourth-order valence-corrected chi connectivity index (χ4v) is 1.87. The number of nitrogens with zero attached hydrogens (tertiary/aromatic N) is 2. The van der Waals surface area contributed by atoms with E-state index < -0.39 is 0 Å². The van der Waals surface area contributed by atoms with E-state index in [1.807, 2.05) is 13.0 Å². The lowest BCUT2D eigenvalue weighted by molar-refractivity contribution is 0.706. The van der Waals surface area contributed by atoms with Crippen LogP contribution in [0.1, 0.15) is 25.0 Å². The third-order valence-corrected chi connectivity index (χ3v) is 2.95. The van der Waals surface area contributed by atoms with Crippen LogP contribution in [0.3, 0.4) is 0 Å². The van der Waals surface area contributed by atoms with Crippen molar-refractivity contribution >= 4 is 21.7 Å². The van der Waals surface area contributed by atoms with E-state index in [4.69, 9.17) is 0 Å². The second-order valence-electron chi connectivity index (χ2n) is 3.81. The normalized spacial score (nSPS) is 10.3. The molecule has 0 radical (unpaired) electrons. The first-order chi connectivity index (χ1) is 7.24. The Morgan fingerprint density at radius 2 is 2.07 bits per heavy atom. The number of hydrogen-bond acceptors (Lipinski definition) is 2. The van der Waals surface area contributed by atoms with E-state index in [-0.39, 0.29) is 0 Å². The Hall–Kier alpha value is -0.570. The van der Waals surface area contributed by atoms with Gasteiger partial charge in [0.1, 0.15) is 5.82 Å². The maximum Gasteiger partial charge on any atom is 0.128 e. The van der Waals surface area contributed by atoms with Crippen LogP contribution in [0.2, 0.25) is 0 Å². The Bertz CT molecular complexity index is 289. The zero-order valence-corrected chi connectivity index (χ0v) is 11.1. The van der Waals surface area contributed by atoms with Crippen molar-refractivity contribution < 1.29 is 0 Å². The Morgan fingerprint density at radius 1 is 1.27 bits per heavy atom. The van der Waals surface area contributed by atoms with Gasteiger partial charge in [-0.05, 0) is 31.9 Å². The largest absolute Gasteiger partial charge is 0.360 e. The molecule has 0 aliphatic rings. The van der Waals surface area contributed by atoms with Gasteiger partial charge in [0.15, 0.2) is 0 Å². The van der Waals surface area contributed by atoms with Crippen LogP contribution in [-0.4, -0.2) is 23.9 Å². The molecular weight excluding hydrogens is 252 g/mol. The molecule has 0 atom stereocenters. The minimum absolute atomic E-state index is 1.08. The second-order valence-corrected chi connectivity index (χ2v) is 4.60. The van der Waals surface area contributed by atoms with Crippen molar-refractivity contribution in [3.8, 4) is 0 Å². The lowest BCUT2D eigenvalue weighted by atomic mass is 10.2. The second kappa shape index (κ2) is 6.83. The van der Waals surface area contributed by atoms with Gasteiger partial charge in [0.05, 0.1) is 0 Å². The number of unbranched alkanes of at least 4 members (excludes halogenated alkanes) is 2. The van der Waals surface area contributed by atoms with Crippen LogP contribution in [-0.2, 0) is 0 Å². The maximum atomic E-state index is 4.49. The van der Waals surface area contributed by atoms with Gasteiger partial charge < -0.3 is 4.90 Å². The smallest absolute Gasteiger partial charge is 0.128 e. The summed E-state index contributed by atoms with van der Waals surface area (Å²) in [6, 6.07) is 6.16. The minimum atomic E-state index is 1.08. The minimum Gasteiger partial charge on any atom is -0.360 e. The molecule has 0 saturated heterocycles. The van der Waals surface area contributed by atoms with Gasteiger partial charge in [-0.25, -0.2) is 4.98 Å². The van der Waals surface area contributed by atoms with Gasteiger partial charge in [-0.2, -0.15) is 0 Å². The van der Waals surface area contributed by atoms with Crippen molar-refractivity contribution in [3.05, 3.63) is 23.9 Å². The van der Waals surface area contributed by atoms with Gasteiger partial charge in [-0.15, -0.1) is 0 Å². The highest BCUT2D eigenvalue weighted by molar-refractivity contribution is 9.09. The highest BCUT2D eigenvalue weighted by Gasteiger charge is 2.01. The molecule has 0 amide bonds. The fourth-order valence-electron chi connectivity index (χ4n) is 1.48. The van der Waals surface area contributed by atoms with Crippen molar-refractivity contribution in [2.24, 2.45) is 0 Å². The number of alkyl halides is 1. The molecule has 15 heavy (non-hydrogen) atoms. The molecule has 0 N–H and O–H groups in total. The van der Waals surface area contributed by atoms with Crippen LogP contribution in [0, 0.1) is 6.92 Å². The van der Waals surface area contributed by atoms with Crippen LogP contribution >= 0.6 is 15.9 Å². The average molecular weight is 271 g/mol. The van der Waals surface area contributed by atoms with E-state index in [1.54, 1.807) is 0 Å². The van der Waals surface area contributed by atoms with Crippen LogP contribution in [0.4, 0.5) is 5.82 Å². The van der Waals surface area contributed by atoms with E-state index >= 15 is 0 Å². The number of aryl methyl sites for hydroxylation is 1. The van der Waals surface area contributed by atoms with Crippen molar-refractivity contribution in [2.75, 3.05) is 23.8 Å². The van der Waals surface area contributed by atoms with Crippen LogP contribution in [0.25, 0.3) is 0 Å². The first-order valence-corrected chi connectivity index (χ1v) is 6.57. The predicted octanol–water partition coefficient (Wildman–Crippen LogP) is 3.39. The Morgan fingerprint density at radius 3 is 2.73 bits per heavy atom. The Balaban J connectivity index is 2.36. The third-order valence-electron chi connectivity index (χ3n) is 2.39. The molecule has 0 saturated carbocycles. The van der Waals surface area contributed by atoms with Gasteiger partial charge in [-0.1, -0.05) is 28.4 Å². The van der Waals surface area contributed by atoms with E-state index in [1.165, 1.54) is 19.3 Å². The number of pyridine rings is 1. The molecule has 0 aromatic carbocycles. The van der Waals surface area contributed by atoms with Gasteiger partial charge in [-0.3, -0.25) is 0 Å². The molecule has 0 aliphatic heterocycles. The molecule has 1 aromatic rings. The van der Waals surface area contributed by atoms with E-state index in [2.05, 4.69) is 45.0 Å². The molecular formula is C12H19BrN2. The number of rotatable bonds is 6. The monoisotopic (exact) mass is 270 g/mol. The summed E-state index contributed by atoms with van der Waals surface area (Å²) < 4.78 is 0. The van der Waals surface area contributed by atoms with Crippen molar-refractivity contribution in [1.29, 1.82) is 0 Å². The molecule has 0 unspecified atom stereocenters. The molecule has 0 aliphatic carbocycles. The number of hydrogen-bond donors (Lipinski definition) is 0. The quantitative estimate of drug-likeness (QED) is 0.582. The number of halogens is 1. The van der Waals surface area contributed by atoms with E-state index in [0.717, 1.165) is 23.4 Å². The summed E-state index contributed by atoms with van der Waals surface area (Å²) in [5.74, 6) is 1.08. The summed E-state index contributed by atoms with van der Waals surface area (Å²) in [5.41, 5.74) is 1.08. The fraction of sp³-hybridized carbons (Fsp3) is 0.583. The summed E-state index contributed by atoms with van der Waals surface area (Å²) in [4.78, 5) is 6.71. The van der Waals surface area contributed by atoms with Crippen LogP contribution in [0.15, 0.2) is 18.2 Å². The topological polar surface area (TPSA) is 16.1 Å². The lowest BCUT2D eigenvalue weighted by Crippen LogP contribution is -2.19. The molecule has 1 rings (SSSR count). The van der Waals surface area contributed by atoms with E-state index in [9.17, 15) is 0 Å². The molecule has 84 valence electrons. The summed E-state index contributed by atoms with van der Waals surface area (Å²) >= 11 is 3.45. The average Bonchev–Trinajstić information content (AvgIpc) is 2.24. The molecule has 3 heteroatoms. The van der Waals surface area contributed by atoms with Crippen molar-refractivity contribution in [3.63, 3.8) is 0 Å². The first-order valence-electron chi connectivity index (χ1n) is 5.45. The van der Waals surface area contributed by atoms with Gasteiger partial charge >= 0.3 is 0 Å². The Kier molecular flexibility index (Phi) is 5.69. The first kappa shape index (κ1) is 12.5.